The van der Waals surface area contributed by atoms with E-state index in [1.807, 2.05) is 89.8 Å². The van der Waals surface area contributed by atoms with Crippen molar-refractivity contribution in [3.05, 3.63) is 212 Å². The Hall–Kier alpha value is -7.53. The van der Waals surface area contributed by atoms with Crippen molar-refractivity contribution in [3.8, 4) is 22.5 Å². The molecule has 0 aliphatic carbocycles. The quantitative estimate of drug-likeness (QED) is 0.154. The average Bonchev–Trinajstić information content (AvgIpc) is 3.92. The molecule has 63 heavy (non-hydrogen) atoms. The van der Waals surface area contributed by atoms with Crippen molar-refractivity contribution >= 4 is 82.4 Å². The van der Waals surface area contributed by atoms with Gasteiger partial charge in [-0.1, -0.05) is 126 Å². The Kier molecular flexibility index (Phi) is 7.27. The van der Waals surface area contributed by atoms with Crippen molar-refractivity contribution in [1.29, 1.82) is 0 Å². The van der Waals surface area contributed by atoms with Crippen LogP contribution in [0.2, 0.25) is 0 Å². The van der Waals surface area contributed by atoms with Crippen LogP contribution in [-0.2, 0) is 21.1 Å². The summed E-state index contributed by atoms with van der Waals surface area (Å²) in [6.07, 6.45) is 3.48. The van der Waals surface area contributed by atoms with E-state index in [9.17, 15) is 2.74 Å². The topological polar surface area (TPSA) is 53.4 Å². The molecule has 306 valence electrons. The molecule has 0 atom stereocenters. The third-order valence-corrected chi connectivity index (χ3v) is 11.3. The monoisotopic (exact) mass is 1000 g/mol. The van der Waals surface area contributed by atoms with Crippen LogP contribution in [0.4, 0.5) is 0 Å². The minimum absolute atomic E-state index is 0. The molecule has 0 N–H and O–H groups in total. The smallest absolute Gasteiger partial charge is 0.135 e. The third kappa shape index (κ3) is 6.54. The molecule has 0 amide bonds. The molecule has 0 unspecified atom stereocenters. The molecule has 14 rings (SSSR count). The van der Waals surface area contributed by atoms with Crippen LogP contribution >= 0.6 is 0 Å². The number of aryl methyl sites for hydroxylation is 1. The fourth-order valence-corrected chi connectivity index (χ4v) is 8.52. The number of benzene rings is 8. The van der Waals surface area contributed by atoms with Crippen molar-refractivity contribution in [1.82, 2.24) is 18.5 Å². The minimum atomic E-state index is -2.88. The van der Waals surface area contributed by atoms with Crippen LogP contribution in [0.15, 0.2) is 197 Å². The van der Waals surface area contributed by atoms with Gasteiger partial charge < -0.3 is 22.4 Å². The fourth-order valence-electron chi connectivity index (χ4n) is 8.52. The standard InChI is InChI=1S/C56H37N4O2.Pt/c1-36-22-29-50-48(30-36)45-28-27-43-33-53(45)60(50)55-31-37(2)49(34-57-55)39-23-25-41(26-24-39)62-54-21-9-6-16-46(54)47-18-11-17-44(38-12-4-3-5-13-38)56(47)59-35-58(51-19-7-8-20-52(51)59)40-14-10-15-42(32-40)61-43;/h3-31,34-35H,1-2H3;/q-3;/i1D3,2D3,22D,29D,30D;. The van der Waals surface area contributed by atoms with Gasteiger partial charge in [-0.05, 0) is 93.8 Å². The molecule has 5 aromatic heterocycles. The van der Waals surface area contributed by atoms with E-state index in [1.54, 1.807) is 42.5 Å². The second-order valence-electron chi connectivity index (χ2n) is 15.0. The minimum Gasteiger partial charge on any atom is -0.510 e. The van der Waals surface area contributed by atoms with Crippen LogP contribution < -0.4 is 0 Å². The van der Waals surface area contributed by atoms with E-state index in [0.29, 0.717) is 38.4 Å². The first-order valence-corrected chi connectivity index (χ1v) is 20.0. The van der Waals surface area contributed by atoms with Gasteiger partial charge in [0.1, 0.15) is 16.8 Å². The van der Waals surface area contributed by atoms with Gasteiger partial charge >= 0.3 is 0 Å². The molecule has 0 spiro atoms. The Bertz CT molecular complexity index is 4310. The molecule has 0 saturated carbocycles. The zero-order valence-corrected chi connectivity index (χ0v) is 35.4. The van der Waals surface area contributed by atoms with E-state index < -0.39 is 37.4 Å². The van der Waals surface area contributed by atoms with Crippen molar-refractivity contribution in [3.63, 3.8) is 0 Å². The van der Waals surface area contributed by atoms with Crippen molar-refractivity contribution < 1.29 is 42.2 Å². The molecular weight excluding hydrogens is 956 g/mol. The number of para-hydroxylation sites is 4. The van der Waals surface area contributed by atoms with Gasteiger partial charge in [-0.3, -0.25) is 0 Å². The maximum atomic E-state index is 9.25. The van der Waals surface area contributed by atoms with E-state index in [4.69, 9.17) is 23.4 Å². The van der Waals surface area contributed by atoms with Crippen LogP contribution in [0, 0.1) is 25.8 Å². The van der Waals surface area contributed by atoms with Gasteiger partial charge in [0.15, 0.2) is 0 Å². The number of hydrogen-bond donors (Lipinski definition) is 0. The molecule has 1 aliphatic rings. The van der Waals surface area contributed by atoms with Crippen LogP contribution in [-0.4, -0.2) is 18.5 Å². The maximum Gasteiger partial charge on any atom is 0.135 e. The molecule has 0 saturated heterocycles. The number of pyridine rings is 1. The molecule has 10 bridgehead atoms. The van der Waals surface area contributed by atoms with Gasteiger partial charge in [0, 0.05) is 69.3 Å². The largest absolute Gasteiger partial charge is 0.510 e. The third-order valence-electron chi connectivity index (χ3n) is 11.3. The van der Waals surface area contributed by atoms with Gasteiger partial charge in [0.25, 0.3) is 0 Å². The normalized spacial score (nSPS) is 14.0. The number of rotatable bonds is 1. The predicted octanol–water partition coefficient (Wildman–Crippen LogP) is 14.6. The van der Waals surface area contributed by atoms with E-state index >= 15 is 0 Å². The van der Waals surface area contributed by atoms with E-state index in [1.165, 1.54) is 16.7 Å². The van der Waals surface area contributed by atoms with Crippen LogP contribution in [0.1, 0.15) is 23.5 Å². The molecule has 6 nitrogen and oxygen atoms in total. The summed E-state index contributed by atoms with van der Waals surface area (Å²) in [5.74, 6) is 0. The first-order chi connectivity index (χ1) is 34.2. The number of imidazole rings is 1. The average molecular weight is 1000 g/mol. The Labute approximate surface area is 389 Å². The number of fused-ring (bicyclic) bond motifs is 5. The fraction of sp³-hybridized carbons (Fsp3) is 0.0357. The summed E-state index contributed by atoms with van der Waals surface area (Å²) in [6, 6.07) is 54.9. The second kappa shape index (κ2) is 15.4. The molecule has 0 radical (unpaired) electrons. The van der Waals surface area contributed by atoms with E-state index in [0.717, 1.165) is 38.8 Å². The van der Waals surface area contributed by atoms with Gasteiger partial charge in [-0.15, -0.1) is 29.1 Å². The maximum absolute atomic E-state index is 9.25. The zero-order valence-electron chi connectivity index (χ0n) is 42.1. The molecule has 6 heterocycles. The second-order valence-corrected chi connectivity index (χ2v) is 15.0. The van der Waals surface area contributed by atoms with E-state index in [-0.39, 0.29) is 54.3 Å². The Morgan fingerprint density at radius 1 is 0.635 bits per heavy atom. The summed E-state index contributed by atoms with van der Waals surface area (Å²) in [4.78, 5) is 4.78. The van der Waals surface area contributed by atoms with Crippen LogP contribution in [0.25, 0.3) is 105 Å². The van der Waals surface area contributed by atoms with Gasteiger partial charge in [-0.25, -0.2) is 4.98 Å². The summed E-state index contributed by atoms with van der Waals surface area (Å²) in [5, 5.41) is 3.00. The molecule has 0 fully saturated rings. The van der Waals surface area contributed by atoms with Crippen molar-refractivity contribution in [2.75, 3.05) is 0 Å². The first kappa shape index (κ1) is 29.7. The SMILES string of the molecule is [2H]c1c(C([2H])([2H])[2H])c([2H])c2c3ccc4[c-]c3n(c3cc(C([2H])([2H])[2H])c(cn3)c3ccc(cc3)oc3ccccc3c3cccc(-c5ccccc5)c3n3[cH-]n(c5[c-]c(ccc5)o4)-c4ccccc4-3)c2c1[2H].[Pt]. The van der Waals surface area contributed by atoms with Gasteiger partial charge in [0.05, 0.1) is 4.11 Å². The summed E-state index contributed by atoms with van der Waals surface area (Å²) < 4.78 is 97.3. The van der Waals surface area contributed by atoms with E-state index in [2.05, 4.69) is 47.0 Å². The van der Waals surface area contributed by atoms with Crippen molar-refractivity contribution in [2.45, 2.75) is 13.7 Å². The zero-order chi connectivity index (χ0) is 48.9. The number of aromatic nitrogens is 4. The summed E-state index contributed by atoms with van der Waals surface area (Å²) in [5.41, 5.74) is 6.62. The van der Waals surface area contributed by atoms with Crippen LogP contribution in [0.5, 0.6) is 0 Å². The molecule has 7 heteroatoms. The molecule has 1 aliphatic heterocycles. The Morgan fingerprint density at radius 3 is 2.27 bits per heavy atom. The Balaban J connectivity index is 0.00000560. The molecule has 13 aromatic rings. The number of hydrogen-bond acceptors (Lipinski definition) is 3. The van der Waals surface area contributed by atoms with Crippen molar-refractivity contribution in [2.24, 2.45) is 0 Å². The predicted molar refractivity (Wildman–Crippen MR) is 253 cm³/mol. The first-order valence-electron chi connectivity index (χ1n) is 24.5. The van der Waals surface area contributed by atoms with Gasteiger partial charge in [0.2, 0.25) is 0 Å². The molecular formula is C56H37N4O2Pt-3. The molecule has 8 aromatic carbocycles. The summed E-state index contributed by atoms with van der Waals surface area (Å²) in [7, 11) is 0. The van der Waals surface area contributed by atoms with Crippen LogP contribution in [0.3, 0.4) is 0 Å². The van der Waals surface area contributed by atoms with Gasteiger partial charge in [-0.2, -0.15) is 24.3 Å². The number of nitrogens with zero attached hydrogens (tertiary/aromatic N) is 4. The summed E-state index contributed by atoms with van der Waals surface area (Å²) >= 11 is 0. The summed E-state index contributed by atoms with van der Waals surface area (Å²) in [6.45, 7) is -5.55. The Morgan fingerprint density at radius 2 is 1.41 bits per heavy atom.